The molecular weight excluding hydrogens is 685 g/mol. The number of amides is 2. The standard InChI is InChI=1S/C36H42ClF3N8O3/c37-28-19-22(18-27(32(28)41)36(38,39)40)17-23(34(50)47-15-13-45(14-16-47)24-5-9-42-10-6-24)20-31(49)46-11-7-25(8-12-46)48-30-21-43-29-4-2-1-3-26(29)33(30)44-35(48)51/h1-4,18-19,21,23-25,42H,5-17,20,41H2,(H,44,51)/t23-/m0/s1. The Morgan fingerprint density at radius 1 is 0.961 bits per heavy atom. The summed E-state index contributed by atoms with van der Waals surface area (Å²) in [7, 11) is 0. The summed E-state index contributed by atoms with van der Waals surface area (Å²) >= 11 is 6.15. The van der Waals surface area contributed by atoms with E-state index in [9.17, 15) is 27.6 Å². The van der Waals surface area contributed by atoms with Crippen LogP contribution < -0.4 is 16.7 Å². The summed E-state index contributed by atoms with van der Waals surface area (Å²) in [6.07, 6.45) is -0.160. The molecule has 272 valence electrons. The van der Waals surface area contributed by atoms with Crippen LogP contribution in [0.1, 0.15) is 49.3 Å². The summed E-state index contributed by atoms with van der Waals surface area (Å²) in [6.45, 7) is 5.03. The van der Waals surface area contributed by atoms with Crippen molar-refractivity contribution in [1.29, 1.82) is 0 Å². The molecule has 0 unspecified atom stereocenters. The van der Waals surface area contributed by atoms with Crippen LogP contribution in [0.15, 0.2) is 47.4 Å². The molecule has 4 aromatic rings. The van der Waals surface area contributed by atoms with Crippen LogP contribution in [-0.2, 0) is 22.2 Å². The van der Waals surface area contributed by atoms with Gasteiger partial charge in [-0.25, -0.2) is 4.79 Å². The molecule has 2 amide bonds. The van der Waals surface area contributed by atoms with Gasteiger partial charge >= 0.3 is 11.9 Å². The number of halogens is 4. The van der Waals surface area contributed by atoms with Gasteiger partial charge in [0.05, 0.1) is 44.9 Å². The van der Waals surface area contributed by atoms with Crippen molar-refractivity contribution in [3.05, 3.63) is 69.2 Å². The number of anilines is 1. The number of carbonyl (C=O) groups is 2. The van der Waals surface area contributed by atoms with E-state index in [2.05, 4.69) is 20.2 Å². The van der Waals surface area contributed by atoms with E-state index in [0.717, 1.165) is 48.4 Å². The van der Waals surface area contributed by atoms with E-state index in [0.29, 0.717) is 63.7 Å². The zero-order valence-corrected chi connectivity index (χ0v) is 29.0. The first kappa shape index (κ1) is 35.3. The van der Waals surface area contributed by atoms with Gasteiger partial charge in [-0.15, -0.1) is 0 Å². The second-order valence-electron chi connectivity index (χ2n) is 13.9. The number of para-hydroxylation sites is 1. The van der Waals surface area contributed by atoms with Gasteiger partial charge in [-0.2, -0.15) is 13.2 Å². The van der Waals surface area contributed by atoms with Crippen molar-refractivity contribution in [2.45, 2.75) is 56.8 Å². The molecule has 3 aliphatic rings. The monoisotopic (exact) mass is 726 g/mol. The average molecular weight is 727 g/mol. The molecular formula is C36H42ClF3N8O3. The molecule has 2 aromatic carbocycles. The Bertz CT molecular complexity index is 1980. The van der Waals surface area contributed by atoms with Crippen molar-refractivity contribution in [2.24, 2.45) is 5.92 Å². The Morgan fingerprint density at radius 2 is 1.67 bits per heavy atom. The molecule has 3 aliphatic heterocycles. The van der Waals surface area contributed by atoms with E-state index in [1.54, 1.807) is 20.6 Å². The van der Waals surface area contributed by atoms with Gasteiger partial charge in [-0.1, -0.05) is 29.8 Å². The topological polar surface area (TPSA) is 133 Å². The maximum atomic E-state index is 14.1. The first-order chi connectivity index (χ1) is 24.5. The molecule has 4 N–H and O–H groups in total. The highest BCUT2D eigenvalue weighted by Gasteiger charge is 2.37. The quantitative estimate of drug-likeness (QED) is 0.240. The minimum Gasteiger partial charge on any atom is -0.397 e. The van der Waals surface area contributed by atoms with Gasteiger partial charge in [0, 0.05) is 63.2 Å². The van der Waals surface area contributed by atoms with Crippen LogP contribution >= 0.6 is 11.6 Å². The number of aromatic amines is 1. The first-order valence-electron chi connectivity index (χ1n) is 17.6. The van der Waals surface area contributed by atoms with E-state index < -0.39 is 23.3 Å². The van der Waals surface area contributed by atoms with E-state index in [4.69, 9.17) is 17.3 Å². The number of hydrogen-bond donors (Lipinski definition) is 3. The van der Waals surface area contributed by atoms with E-state index in [1.807, 2.05) is 24.3 Å². The minimum atomic E-state index is -4.73. The maximum absolute atomic E-state index is 14.1. The fourth-order valence-electron chi connectivity index (χ4n) is 8.09. The van der Waals surface area contributed by atoms with Crippen molar-refractivity contribution in [1.82, 2.24) is 34.6 Å². The van der Waals surface area contributed by atoms with Gasteiger partial charge in [0.15, 0.2) is 0 Å². The molecule has 0 bridgehead atoms. The molecule has 0 aliphatic carbocycles. The van der Waals surface area contributed by atoms with Gasteiger partial charge < -0.3 is 25.8 Å². The maximum Gasteiger partial charge on any atom is 0.418 e. The Morgan fingerprint density at radius 3 is 2.37 bits per heavy atom. The number of piperazine rings is 1. The lowest BCUT2D eigenvalue weighted by atomic mass is 9.91. The smallest absolute Gasteiger partial charge is 0.397 e. The molecule has 1 atom stereocenters. The van der Waals surface area contributed by atoms with Crippen LogP contribution in [-0.4, -0.2) is 99.4 Å². The van der Waals surface area contributed by atoms with Gasteiger partial charge in [0.25, 0.3) is 0 Å². The van der Waals surface area contributed by atoms with E-state index in [-0.39, 0.29) is 47.0 Å². The zero-order valence-electron chi connectivity index (χ0n) is 28.2. The summed E-state index contributed by atoms with van der Waals surface area (Å²) in [4.78, 5) is 54.4. The third kappa shape index (κ3) is 7.31. The summed E-state index contributed by atoms with van der Waals surface area (Å²) in [5, 5.41) is 3.98. The number of nitrogens with zero attached hydrogens (tertiary/aromatic N) is 5. The Kier molecular flexibility index (Phi) is 10.0. The number of pyridine rings is 1. The predicted octanol–water partition coefficient (Wildman–Crippen LogP) is 4.44. The molecule has 3 fully saturated rings. The number of piperidine rings is 2. The van der Waals surface area contributed by atoms with Crippen LogP contribution in [0.5, 0.6) is 0 Å². The number of nitrogens with one attached hydrogen (secondary N) is 2. The lowest BCUT2D eigenvalue weighted by Gasteiger charge is -2.41. The molecule has 7 rings (SSSR count). The Hall–Kier alpha value is -4.14. The van der Waals surface area contributed by atoms with Crippen molar-refractivity contribution in [3.63, 3.8) is 0 Å². The second kappa shape index (κ2) is 14.5. The number of likely N-dealkylation sites (tertiary alicyclic amines) is 1. The van der Waals surface area contributed by atoms with E-state index in [1.165, 1.54) is 6.07 Å². The number of nitrogens with two attached hydrogens (primary N) is 1. The second-order valence-corrected chi connectivity index (χ2v) is 14.3. The highest BCUT2D eigenvalue weighted by atomic mass is 35.5. The number of imidazole rings is 1. The first-order valence-corrected chi connectivity index (χ1v) is 18.0. The van der Waals surface area contributed by atoms with E-state index >= 15 is 0 Å². The van der Waals surface area contributed by atoms with Crippen molar-refractivity contribution >= 4 is 51.0 Å². The Labute approximate surface area is 297 Å². The predicted molar refractivity (Wildman–Crippen MR) is 189 cm³/mol. The third-order valence-electron chi connectivity index (χ3n) is 10.8. The number of nitrogen functional groups attached to an aromatic ring is 1. The molecule has 2 aromatic heterocycles. The van der Waals surface area contributed by atoms with Crippen LogP contribution in [0.25, 0.3) is 21.9 Å². The van der Waals surface area contributed by atoms with Crippen LogP contribution in [0.2, 0.25) is 5.02 Å². The lowest BCUT2D eigenvalue weighted by molar-refractivity contribution is -0.143. The zero-order chi connectivity index (χ0) is 35.9. The number of hydrogen-bond acceptors (Lipinski definition) is 7. The fourth-order valence-corrected chi connectivity index (χ4v) is 8.33. The van der Waals surface area contributed by atoms with Crippen molar-refractivity contribution in [3.8, 4) is 0 Å². The Balaban J connectivity index is 1.07. The van der Waals surface area contributed by atoms with Crippen LogP contribution in [0, 0.1) is 5.92 Å². The van der Waals surface area contributed by atoms with Crippen LogP contribution in [0.3, 0.4) is 0 Å². The van der Waals surface area contributed by atoms with Gasteiger partial charge in [-0.3, -0.25) is 24.0 Å². The molecule has 3 saturated heterocycles. The molecule has 0 radical (unpaired) electrons. The summed E-state index contributed by atoms with van der Waals surface area (Å²) in [5.41, 5.74) is 6.22. The number of H-pyrrole nitrogens is 1. The van der Waals surface area contributed by atoms with Crippen molar-refractivity contribution < 1.29 is 22.8 Å². The molecule has 5 heterocycles. The lowest BCUT2D eigenvalue weighted by Crippen LogP contribution is -2.55. The summed E-state index contributed by atoms with van der Waals surface area (Å²) < 4.78 is 43.2. The number of aromatic nitrogens is 3. The van der Waals surface area contributed by atoms with Gasteiger partial charge in [0.1, 0.15) is 0 Å². The van der Waals surface area contributed by atoms with Gasteiger partial charge in [0.2, 0.25) is 11.8 Å². The molecule has 11 nitrogen and oxygen atoms in total. The molecule has 0 spiro atoms. The normalized spacial score (nSPS) is 19.2. The molecule has 0 saturated carbocycles. The number of alkyl halides is 3. The number of fused-ring (bicyclic) bond motifs is 3. The number of rotatable bonds is 7. The number of carbonyl (C=O) groups excluding carboxylic acids is 2. The SMILES string of the molecule is Nc1c(Cl)cc(C[C@@H](CC(=O)N2CCC(n3c(=O)[nH]c4c5ccccc5ncc43)CC2)C(=O)N2CCN(C3CCNCC3)CC2)cc1C(F)(F)F. The highest BCUT2D eigenvalue weighted by Crippen LogP contribution is 2.39. The summed E-state index contributed by atoms with van der Waals surface area (Å²) in [5.74, 6) is -1.40. The van der Waals surface area contributed by atoms with Crippen molar-refractivity contribution in [2.75, 3.05) is 58.1 Å². The molecule has 15 heteroatoms. The van der Waals surface area contributed by atoms with Gasteiger partial charge in [-0.05, 0) is 69.0 Å². The largest absolute Gasteiger partial charge is 0.418 e. The minimum absolute atomic E-state index is 0.0929. The highest BCUT2D eigenvalue weighted by molar-refractivity contribution is 6.33. The molecule has 51 heavy (non-hydrogen) atoms. The third-order valence-corrected chi connectivity index (χ3v) is 11.2. The fraction of sp³-hybridized carbons (Fsp3) is 0.500. The summed E-state index contributed by atoms with van der Waals surface area (Å²) in [6, 6.07) is 10.2. The average Bonchev–Trinajstić information content (AvgIpc) is 3.48. The number of benzene rings is 2. The van der Waals surface area contributed by atoms with Crippen LogP contribution in [0.4, 0.5) is 18.9 Å².